The number of hydrogen-bond acceptors (Lipinski definition) is 4. The second-order valence-corrected chi connectivity index (χ2v) is 7.05. The molecule has 1 saturated heterocycles. The third-order valence-corrected chi connectivity index (χ3v) is 4.79. The van der Waals surface area contributed by atoms with E-state index in [1.54, 1.807) is 36.4 Å². The van der Waals surface area contributed by atoms with Gasteiger partial charge in [0, 0.05) is 35.4 Å². The molecule has 3 rings (SSSR count). The van der Waals surface area contributed by atoms with Crippen molar-refractivity contribution < 1.29 is 9.72 Å². The van der Waals surface area contributed by atoms with Gasteiger partial charge in [-0.1, -0.05) is 18.5 Å². The number of nitro groups is 1. The zero-order valence-corrected chi connectivity index (χ0v) is 15.2. The Bertz CT molecular complexity index is 823. The highest BCUT2D eigenvalue weighted by Crippen LogP contribution is 2.32. The molecule has 0 bridgehead atoms. The summed E-state index contributed by atoms with van der Waals surface area (Å²) in [5.74, 6) is 0.102. The van der Waals surface area contributed by atoms with E-state index in [-0.39, 0.29) is 11.3 Å². The molecular formula is C19H20ClN3O3. The molecule has 6 nitrogen and oxygen atoms in total. The zero-order valence-electron chi connectivity index (χ0n) is 14.4. The molecule has 7 heteroatoms. The average molecular weight is 374 g/mol. The average Bonchev–Trinajstić information content (AvgIpc) is 2.63. The number of carbonyl (C=O) groups excluding carboxylic acids is 1. The lowest BCUT2D eigenvalue weighted by molar-refractivity contribution is -0.384. The van der Waals surface area contributed by atoms with Crippen molar-refractivity contribution in [1.29, 1.82) is 0 Å². The van der Waals surface area contributed by atoms with E-state index in [1.165, 1.54) is 6.07 Å². The molecule has 2 aromatic rings. The largest absolute Gasteiger partial charge is 0.366 e. The monoisotopic (exact) mass is 373 g/mol. The van der Waals surface area contributed by atoms with Gasteiger partial charge in [-0.15, -0.1) is 0 Å². The van der Waals surface area contributed by atoms with Crippen LogP contribution in [0.3, 0.4) is 0 Å². The molecule has 1 heterocycles. The lowest BCUT2D eigenvalue weighted by Crippen LogP contribution is -2.34. The summed E-state index contributed by atoms with van der Waals surface area (Å²) in [5.41, 5.74) is 1.36. The minimum absolute atomic E-state index is 0.0390. The fourth-order valence-electron chi connectivity index (χ4n) is 3.22. The summed E-state index contributed by atoms with van der Waals surface area (Å²) in [4.78, 5) is 25.6. The van der Waals surface area contributed by atoms with E-state index in [1.807, 2.05) is 4.90 Å². The predicted octanol–water partition coefficient (Wildman–Crippen LogP) is 4.74. The Morgan fingerprint density at radius 3 is 2.65 bits per heavy atom. The molecule has 136 valence electrons. The van der Waals surface area contributed by atoms with Gasteiger partial charge in [-0.2, -0.15) is 0 Å². The van der Waals surface area contributed by atoms with E-state index in [4.69, 9.17) is 11.6 Å². The zero-order chi connectivity index (χ0) is 18.7. The van der Waals surface area contributed by atoms with Gasteiger partial charge >= 0.3 is 0 Å². The molecule has 2 aromatic carbocycles. The van der Waals surface area contributed by atoms with Crippen LogP contribution in [0, 0.1) is 16.0 Å². The molecule has 1 aliphatic rings. The van der Waals surface area contributed by atoms with Crippen molar-refractivity contribution in [2.75, 3.05) is 23.3 Å². The molecule has 1 N–H and O–H groups in total. The number of piperidine rings is 1. The van der Waals surface area contributed by atoms with E-state index in [2.05, 4.69) is 12.2 Å². The number of carbonyl (C=O) groups is 1. The van der Waals surface area contributed by atoms with Gasteiger partial charge in [0.25, 0.3) is 11.6 Å². The van der Waals surface area contributed by atoms with Gasteiger partial charge in [0.2, 0.25) is 0 Å². The van der Waals surface area contributed by atoms with E-state index in [0.29, 0.717) is 22.3 Å². The molecule has 0 aromatic heterocycles. The Morgan fingerprint density at radius 2 is 2.00 bits per heavy atom. The van der Waals surface area contributed by atoms with Gasteiger partial charge in [-0.3, -0.25) is 14.9 Å². The Morgan fingerprint density at radius 1 is 1.27 bits per heavy atom. The van der Waals surface area contributed by atoms with Crippen LogP contribution in [0.25, 0.3) is 0 Å². The van der Waals surface area contributed by atoms with Gasteiger partial charge < -0.3 is 10.2 Å². The highest BCUT2D eigenvalue weighted by molar-refractivity contribution is 6.30. The standard InChI is InChI=1S/C19H20ClN3O3/c1-13-3-2-10-22(12-13)17-9-4-14(11-18(17)23(25)26)19(24)21-16-7-5-15(20)6-8-16/h4-9,11,13H,2-3,10,12H2,1H3,(H,21,24)/t13-/m1/s1. The van der Waals surface area contributed by atoms with E-state index in [9.17, 15) is 14.9 Å². The van der Waals surface area contributed by atoms with Crippen molar-refractivity contribution in [2.45, 2.75) is 19.8 Å². The molecule has 1 atom stereocenters. The molecule has 0 spiro atoms. The van der Waals surface area contributed by atoms with Crippen LogP contribution in [-0.4, -0.2) is 23.9 Å². The van der Waals surface area contributed by atoms with Gasteiger partial charge in [0.1, 0.15) is 5.69 Å². The van der Waals surface area contributed by atoms with Crippen LogP contribution >= 0.6 is 11.6 Å². The minimum atomic E-state index is -0.423. The first kappa shape index (κ1) is 18.2. The number of halogens is 1. The Hall–Kier alpha value is -2.60. The molecule has 1 aliphatic heterocycles. The fraction of sp³-hybridized carbons (Fsp3) is 0.316. The van der Waals surface area contributed by atoms with Gasteiger partial charge in [-0.25, -0.2) is 0 Å². The maximum Gasteiger partial charge on any atom is 0.293 e. The predicted molar refractivity (Wildman–Crippen MR) is 103 cm³/mol. The minimum Gasteiger partial charge on any atom is -0.366 e. The number of benzene rings is 2. The van der Waals surface area contributed by atoms with E-state index in [0.717, 1.165) is 25.9 Å². The number of anilines is 2. The number of nitro benzene ring substituents is 1. The summed E-state index contributed by atoms with van der Waals surface area (Å²) in [6.07, 6.45) is 2.14. The quantitative estimate of drug-likeness (QED) is 0.620. The maximum atomic E-state index is 12.4. The fourth-order valence-corrected chi connectivity index (χ4v) is 3.35. The number of nitrogens with zero attached hydrogens (tertiary/aromatic N) is 2. The van der Waals surface area contributed by atoms with Crippen LogP contribution in [0.5, 0.6) is 0 Å². The van der Waals surface area contributed by atoms with Crippen molar-refractivity contribution in [3.05, 3.63) is 63.2 Å². The van der Waals surface area contributed by atoms with Gasteiger partial charge in [-0.05, 0) is 55.2 Å². The topological polar surface area (TPSA) is 75.5 Å². The summed E-state index contributed by atoms with van der Waals surface area (Å²) in [6.45, 7) is 3.73. The van der Waals surface area contributed by atoms with Crippen molar-refractivity contribution in [2.24, 2.45) is 5.92 Å². The molecule has 0 saturated carbocycles. The number of nitrogens with one attached hydrogen (secondary N) is 1. The number of amides is 1. The SMILES string of the molecule is C[C@@H]1CCCN(c2ccc(C(=O)Nc3ccc(Cl)cc3)cc2[N+](=O)[O-])C1. The lowest BCUT2D eigenvalue weighted by Gasteiger charge is -2.32. The van der Waals surface area contributed by atoms with E-state index >= 15 is 0 Å². The molecule has 1 fully saturated rings. The molecule has 0 unspecified atom stereocenters. The van der Waals surface area contributed by atoms with Crippen molar-refractivity contribution in [1.82, 2.24) is 0 Å². The van der Waals surface area contributed by atoms with Gasteiger partial charge in [0.15, 0.2) is 0 Å². The molecule has 1 amide bonds. The first-order chi connectivity index (χ1) is 12.4. The van der Waals surface area contributed by atoms with Crippen molar-refractivity contribution in [3.63, 3.8) is 0 Å². The molecule has 0 aliphatic carbocycles. The molecule has 0 radical (unpaired) electrons. The first-order valence-corrected chi connectivity index (χ1v) is 8.92. The van der Waals surface area contributed by atoms with E-state index < -0.39 is 10.8 Å². The molecular weight excluding hydrogens is 354 g/mol. The van der Waals surface area contributed by atoms with Crippen LogP contribution in [0.15, 0.2) is 42.5 Å². The van der Waals surface area contributed by atoms with Crippen molar-refractivity contribution >= 4 is 34.6 Å². The summed E-state index contributed by atoms with van der Waals surface area (Å²) >= 11 is 5.83. The second kappa shape index (κ2) is 7.74. The summed E-state index contributed by atoms with van der Waals surface area (Å²) in [5, 5.41) is 14.8. The molecule has 26 heavy (non-hydrogen) atoms. The van der Waals surface area contributed by atoms with Crippen LogP contribution in [-0.2, 0) is 0 Å². The second-order valence-electron chi connectivity index (χ2n) is 6.62. The third-order valence-electron chi connectivity index (χ3n) is 4.53. The maximum absolute atomic E-state index is 12.4. The van der Waals surface area contributed by atoms with Crippen LogP contribution in [0.1, 0.15) is 30.1 Å². The van der Waals surface area contributed by atoms with Crippen LogP contribution < -0.4 is 10.2 Å². The summed E-state index contributed by atoms with van der Waals surface area (Å²) in [7, 11) is 0. The highest BCUT2D eigenvalue weighted by atomic mass is 35.5. The van der Waals surface area contributed by atoms with Crippen LogP contribution in [0.4, 0.5) is 17.1 Å². The number of rotatable bonds is 4. The number of hydrogen-bond donors (Lipinski definition) is 1. The third kappa shape index (κ3) is 4.14. The van der Waals surface area contributed by atoms with Crippen molar-refractivity contribution in [3.8, 4) is 0 Å². The van der Waals surface area contributed by atoms with Gasteiger partial charge in [0.05, 0.1) is 4.92 Å². The Balaban J connectivity index is 1.84. The Kier molecular flexibility index (Phi) is 5.42. The van der Waals surface area contributed by atoms with Crippen LogP contribution in [0.2, 0.25) is 5.02 Å². The normalized spacial score (nSPS) is 17.0. The summed E-state index contributed by atoms with van der Waals surface area (Å²) < 4.78 is 0. The smallest absolute Gasteiger partial charge is 0.293 e. The lowest BCUT2D eigenvalue weighted by atomic mass is 9.99. The Labute approximate surface area is 156 Å². The summed E-state index contributed by atoms with van der Waals surface area (Å²) in [6, 6.07) is 11.3. The first-order valence-electron chi connectivity index (χ1n) is 8.54. The highest BCUT2D eigenvalue weighted by Gasteiger charge is 2.25.